The van der Waals surface area contributed by atoms with E-state index in [9.17, 15) is 19.8 Å². The van der Waals surface area contributed by atoms with Gasteiger partial charge >= 0.3 is 0 Å². The maximum atomic E-state index is 11.4. The normalized spacial score (nSPS) is 11.4. The van der Waals surface area contributed by atoms with Crippen LogP contribution in [0.5, 0.6) is 0 Å². The standard InChI is InChI=1S/C15H17N3O4/c1-9-12(13(19)20)10(8-15(2,3)14(21)22)18(17-9)11-6-4-5-7-16-11/h4-7H,8H2,1-3H3,(H,19,20)(H,21,22)/p-2. The Labute approximate surface area is 127 Å². The van der Waals surface area contributed by atoms with Crippen molar-refractivity contribution in [1.82, 2.24) is 14.8 Å². The van der Waals surface area contributed by atoms with Gasteiger partial charge < -0.3 is 19.8 Å². The van der Waals surface area contributed by atoms with Crippen LogP contribution in [0.25, 0.3) is 5.82 Å². The van der Waals surface area contributed by atoms with Gasteiger partial charge in [-0.1, -0.05) is 19.9 Å². The minimum absolute atomic E-state index is 0.0734. The summed E-state index contributed by atoms with van der Waals surface area (Å²) in [6.45, 7) is 4.46. The molecule has 0 amide bonds. The smallest absolute Gasteiger partial charge is 0.153 e. The Morgan fingerprint density at radius 1 is 1.27 bits per heavy atom. The number of nitrogens with zero attached hydrogens (tertiary/aromatic N) is 3. The molecular weight excluding hydrogens is 286 g/mol. The first kappa shape index (κ1) is 15.7. The minimum atomic E-state index is -1.40. The van der Waals surface area contributed by atoms with Crippen molar-refractivity contribution in [3.63, 3.8) is 0 Å². The number of aliphatic carboxylic acids is 1. The molecule has 0 spiro atoms. The number of rotatable bonds is 5. The van der Waals surface area contributed by atoms with E-state index in [0.717, 1.165) is 0 Å². The third-order valence-electron chi connectivity index (χ3n) is 3.39. The Hall–Kier alpha value is -2.70. The van der Waals surface area contributed by atoms with Crippen molar-refractivity contribution in [1.29, 1.82) is 0 Å². The van der Waals surface area contributed by atoms with Crippen molar-refractivity contribution >= 4 is 11.9 Å². The number of carboxylic acids is 2. The maximum Gasteiger partial charge on any atom is 0.153 e. The lowest BCUT2D eigenvalue weighted by atomic mass is 9.86. The van der Waals surface area contributed by atoms with Gasteiger partial charge in [-0.2, -0.15) is 5.10 Å². The lowest BCUT2D eigenvalue weighted by Crippen LogP contribution is -2.40. The quantitative estimate of drug-likeness (QED) is 0.719. The Bertz CT molecular complexity index is 720. The molecule has 0 aliphatic carbocycles. The Morgan fingerprint density at radius 3 is 2.45 bits per heavy atom. The average molecular weight is 301 g/mol. The molecule has 0 saturated carbocycles. The van der Waals surface area contributed by atoms with Gasteiger partial charge in [0.2, 0.25) is 0 Å². The molecule has 7 nitrogen and oxygen atoms in total. The van der Waals surface area contributed by atoms with E-state index in [-0.39, 0.29) is 23.4 Å². The van der Waals surface area contributed by atoms with Gasteiger partial charge in [0.1, 0.15) is 0 Å². The molecule has 2 aromatic rings. The first-order valence-electron chi connectivity index (χ1n) is 6.66. The molecule has 0 radical (unpaired) electrons. The predicted molar refractivity (Wildman–Crippen MR) is 72.9 cm³/mol. The maximum absolute atomic E-state index is 11.4. The highest BCUT2D eigenvalue weighted by atomic mass is 16.4. The number of hydrogen-bond donors (Lipinski definition) is 0. The highest BCUT2D eigenvalue weighted by molar-refractivity contribution is 5.89. The molecule has 0 atom stereocenters. The van der Waals surface area contributed by atoms with E-state index >= 15 is 0 Å². The number of aromatic nitrogens is 3. The van der Waals surface area contributed by atoms with Gasteiger partial charge in [-0.3, -0.25) is 0 Å². The van der Waals surface area contributed by atoms with Crippen molar-refractivity contribution < 1.29 is 19.8 Å². The van der Waals surface area contributed by atoms with E-state index in [1.807, 2.05) is 0 Å². The second kappa shape index (κ2) is 5.59. The fourth-order valence-electron chi connectivity index (χ4n) is 2.16. The van der Waals surface area contributed by atoms with Crippen LogP contribution in [-0.4, -0.2) is 26.7 Å². The summed E-state index contributed by atoms with van der Waals surface area (Å²) in [5.74, 6) is -2.27. The molecule has 0 aromatic carbocycles. The van der Waals surface area contributed by atoms with E-state index in [4.69, 9.17) is 0 Å². The second-order valence-corrected chi connectivity index (χ2v) is 5.64. The van der Waals surface area contributed by atoms with Crippen LogP contribution in [-0.2, 0) is 11.2 Å². The van der Waals surface area contributed by atoms with E-state index < -0.39 is 17.4 Å². The fraction of sp³-hybridized carbons (Fsp3) is 0.333. The monoisotopic (exact) mass is 301 g/mol. The van der Waals surface area contributed by atoms with Crippen LogP contribution in [0.4, 0.5) is 0 Å². The first-order valence-corrected chi connectivity index (χ1v) is 6.66. The van der Waals surface area contributed by atoms with Crippen molar-refractivity contribution in [3.8, 4) is 5.82 Å². The van der Waals surface area contributed by atoms with Gasteiger partial charge in [-0.25, -0.2) is 9.67 Å². The average Bonchev–Trinajstić information content (AvgIpc) is 2.75. The van der Waals surface area contributed by atoms with Crippen LogP contribution in [0.1, 0.15) is 35.6 Å². The molecule has 0 unspecified atom stereocenters. The van der Waals surface area contributed by atoms with E-state index in [2.05, 4.69) is 10.1 Å². The van der Waals surface area contributed by atoms with Crippen LogP contribution >= 0.6 is 0 Å². The Balaban J connectivity index is 2.63. The number of carbonyl (C=O) groups excluding carboxylic acids is 2. The molecule has 2 aromatic heterocycles. The van der Waals surface area contributed by atoms with E-state index in [1.54, 1.807) is 24.4 Å². The molecule has 0 aliphatic rings. The molecule has 0 fully saturated rings. The summed E-state index contributed by atoms with van der Waals surface area (Å²) >= 11 is 0. The Kier molecular flexibility index (Phi) is 3.99. The zero-order valence-electron chi connectivity index (χ0n) is 12.5. The zero-order valence-corrected chi connectivity index (χ0v) is 12.5. The number of hydrogen-bond acceptors (Lipinski definition) is 6. The van der Waals surface area contributed by atoms with Crippen LogP contribution in [0.15, 0.2) is 24.4 Å². The minimum Gasteiger partial charge on any atom is -0.550 e. The van der Waals surface area contributed by atoms with Crippen molar-refractivity contribution in [2.24, 2.45) is 5.41 Å². The van der Waals surface area contributed by atoms with E-state index in [0.29, 0.717) is 5.82 Å². The third kappa shape index (κ3) is 2.83. The van der Waals surface area contributed by atoms with Crippen LogP contribution in [0.3, 0.4) is 0 Å². The van der Waals surface area contributed by atoms with Gasteiger partial charge in [0, 0.05) is 29.6 Å². The van der Waals surface area contributed by atoms with Gasteiger partial charge in [-0.15, -0.1) is 0 Å². The summed E-state index contributed by atoms with van der Waals surface area (Å²) in [7, 11) is 0. The van der Waals surface area contributed by atoms with E-state index in [1.165, 1.54) is 25.5 Å². The SMILES string of the molecule is Cc1nn(-c2ccccn2)c(CC(C)(C)C(=O)[O-])c1C(=O)[O-]. The van der Waals surface area contributed by atoms with Gasteiger partial charge in [0.25, 0.3) is 0 Å². The molecular formula is C15H15N3O4-2. The lowest BCUT2D eigenvalue weighted by molar-refractivity contribution is -0.317. The summed E-state index contributed by atoms with van der Waals surface area (Å²) in [6.07, 6.45) is 1.47. The Morgan fingerprint density at radius 2 is 1.95 bits per heavy atom. The predicted octanol–water partition coefficient (Wildman–Crippen LogP) is -0.742. The third-order valence-corrected chi connectivity index (χ3v) is 3.39. The van der Waals surface area contributed by atoms with Crippen molar-refractivity contribution in [3.05, 3.63) is 41.3 Å². The first-order chi connectivity index (χ1) is 10.2. The molecule has 2 rings (SSSR count). The molecule has 0 bridgehead atoms. The number of aryl methyl sites for hydroxylation is 1. The molecule has 22 heavy (non-hydrogen) atoms. The highest BCUT2D eigenvalue weighted by Gasteiger charge is 2.27. The number of aromatic carboxylic acids is 1. The van der Waals surface area contributed by atoms with Crippen LogP contribution in [0.2, 0.25) is 0 Å². The molecule has 7 heteroatoms. The number of pyridine rings is 1. The topological polar surface area (TPSA) is 111 Å². The molecule has 0 saturated heterocycles. The van der Waals surface area contributed by atoms with Crippen LogP contribution in [0, 0.1) is 12.3 Å². The molecule has 116 valence electrons. The number of carboxylic acid groups (broad SMARTS) is 2. The van der Waals surface area contributed by atoms with Gasteiger partial charge in [0.15, 0.2) is 5.82 Å². The van der Waals surface area contributed by atoms with Crippen molar-refractivity contribution in [2.45, 2.75) is 27.2 Å². The fourth-order valence-corrected chi connectivity index (χ4v) is 2.16. The van der Waals surface area contributed by atoms with Crippen molar-refractivity contribution in [2.75, 3.05) is 0 Å². The molecule has 2 heterocycles. The summed E-state index contributed by atoms with van der Waals surface area (Å²) in [6, 6.07) is 5.09. The largest absolute Gasteiger partial charge is 0.550 e. The van der Waals surface area contributed by atoms with Gasteiger partial charge in [-0.05, 0) is 19.1 Å². The summed E-state index contributed by atoms with van der Waals surface area (Å²) < 4.78 is 1.34. The zero-order chi connectivity index (χ0) is 16.5. The summed E-state index contributed by atoms with van der Waals surface area (Å²) in [4.78, 5) is 26.8. The molecule has 0 N–H and O–H groups in total. The number of carbonyl (C=O) groups is 2. The van der Waals surface area contributed by atoms with Crippen LogP contribution < -0.4 is 10.2 Å². The summed E-state index contributed by atoms with van der Waals surface area (Å²) in [5, 5.41) is 26.8. The summed E-state index contributed by atoms with van der Waals surface area (Å²) in [5.41, 5.74) is -0.899. The highest BCUT2D eigenvalue weighted by Crippen LogP contribution is 2.26. The lowest BCUT2D eigenvalue weighted by Gasteiger charge is -2.26. The second-order valence-electron chi connectivity index (χ2n) is 5.64. The van der Waals surface area contributed by atoms with Gasteiger partial charge in [0.05, 0.1) is 17.4 Å². The molecule has 0 aliphatic heterocycles.